The molecule has 3 rings (SSSR count). The Kier molecular flexibility index (Phi) is 5.34. The number of nitrogens with zero attached hydrogens (tertiary/aromatic N) is 2. The number of carbonyl (C=O) groups excluding carboxylic acids is 1. The van der Waals surface area contributed by atoms with Crippen molar-refractivity contribution < 1.29 is 4.79 Å². The molecule has 0 radical (unpaired) electrons. The number of aryl methyl sites for hydroxylation is 1. The van der Waals surface area contributed by atoms with Crippen LogP contribution in [-0.2, 0) is 0 Å². The monoisotopic (exact) mass is 353 g/mol. The largest absolute Gasteiger partial charge is 0.368 e. The van der Waals surface area contributed by atoms with Gasteiger partial charge in [0, 0.05) is 43.1 Å². The molecule has 1 aliphatic rings. The van der Waals surface area contributed by atoms with E-state index in [0.717, 1.165) is 48.2 Å². The number of Topliss-reactive ketones (excluding diaryl/α,β-unsaturated/α-hetero) is 1. The van der Waals surface area contributed by atoms with Crippen LogP contribution in [0.5, 0.6) is 0 Å². The van der Waals surface area contributed by atoms with Crippen molar-refractivity contribution >= 4 is 34.5 Å². The number of nitrogens with one attached hydrogen (secondary N) is 1. The van der Waals surface area contributed by atoms with Crippen molar-refractivity contribution in [3.8, 4) is 0 Å². The molecule has 1 aliphatic heterocycles. The number of carbonyl (C=O) groups is 1. The second kappa shape index (κ2) is 7.66. The number of hydrogen-bond acceptors (Lipinski definition) is 3. The molecule has 1 fully saturated rings. The fourth-order valence-electron chi connectivity index (χ4n) is 2.98. The Morgan fingerprint density at radius 2 is 1.64 bits per heavy atom. The Balaban J connectivity index is 1.57. The highest BCUT2D eigenvalue weighted by Crippen LogP contribution is 2.19. The molecule has 0 spiro atoms. The zero-order valence-corrected chi connectivity index (χ0v) is 15.5. The van der Waals surface area contributed by atoms with Gasteiger partial charge in [-0.05, 0) is 62.0 Å². The zero-order valence-electron chi connectivity index (χ0n) is 14.7. The molecule has 0 unspecified atom stereocenters. The van der Waals surface area contributed by atoms with Crippen LogP contribution in [0.1, 0.15) is 22.8 Å². The summed E-state index contributed by atoms with van der Waals surface area (Å²) in [6, 6.07) is 16.0. The summed E-state index contributed by atoms with van der Waals surface area (Å²) >= 11 is 5.58. The van der Waals surface area contributed by atoms with E-state index in [2.05, 4.69) is 34.2 Å². The second-order valence-electron chi connectivity index (χ2n) is 6.32. The van der Waals surface area contributed by atoms with E-state index in [-0.39, 0.29) is 5.78 Å². The van der Waals surface area contributed by atoms with Crippen LogP contribution >= 0.6 is 12.2 Å². The molecule has 2 aromatic rings. The standard InChI is InChI=1S/C20H23N3OS/c1-15-5-3-4-6-19(15)21-20(25)23-13-11-22(12-14-23)18-9-7-17(8-10-18)16(2)24/h3-10H,11-14H2,1-2H3,(H,21,25). The van der Waals surface area contributed by atoms with Crippen LogP contribution in [-0.4, -0.2) is 42.0 Å². The fraction of sp³-hybridized carbons (Fsp3) is 0.300. The van der Waals surface area contributed by atoms with Crippen LogP contribution < -0.4 is 10.2 Å². The Hall–Kier alpha value is -2.40. The van der Waals surface area contributed by atoms with Crippen LogP contribution in [0.25, 0.3) is 0 Å². The molecule has 0 saturated carbocycles. The first-order valence-electron chi connectivity index (χ1n) is 8.52. The number of para-hydroxylation sites is 1. The molecule has 4 nitrogen and oxygen atoms in total. The number of anilines is 2. The van der Waals surface area contributed by atoms with Crippen molar-refractivity contribution in [3.05, 3.63) is 59.7 Å². The normalized spacial score (nSPS) is 14.3. The first-order valence-corrected chi connectivity index (χ1v) is 8.93. The molecule has 1 saturated heterocycles. The van der Waals surface area contributed by atoms with Crippen molar-refractivity contribution in [1.29, 1.82) is 0 Å². The fourth-order valence-corrected chi connectivity index (χ4v) is 3.27. The van der Waals surface area contributed by atoms with E-state index in [1.165, 1.54) is 5.56 Å². The summed E-state index contributed by atoms with van der Waals surface area (Å²) in [7, 11) is 0. The van der Waals surface area contributed by atoms with Crippen molar-refractivity contribution in [1.82, 2.24) is 4.90 Å². The third kappa shape index (κ3) is 4.17. The molecular formula is C20H23N3OS. The lowest BCUT2D eigenvalue weighted by Crippen LogP contribution is -2.50. The lowest BCUT2D eigenvalue weighted by molar-refractivity contribution is 0.101. The smallest absolute Gasteiger partial charge is 0.173 e. The molecular weight excluding hydrogens is 330 g/mol. The number of benzene rings is 2. The molecule has 0 aliphatic carbocycles. The van der Waals surface area contributed by atoms with Crippen LogP contribution in [0.4, 0.5) is 11.4 Å². The van der Waals surface area contributed by atoms with Gasteiger partial charge in [-0.1, -0.05) is 18.2 Å². The molecule has 25 heavy (non-hydrogen) atoms. The molecule has 2 aromatic carbocycles. The third-order valence-electron chi connectivity index (χ3n) is 4.59. The molecule has 1 N–H and O–H groups in total. The number of rotatable bonds is 3. The maximum absolute atomic E-state index is 11.4. The van der Waals surface area contributed by atoms with Gasteiger partial charge in [-0.25, -0.2) is 0 Å². The van der Waals surface area contributed by atoms with Gasteiger partial charge in [0.15, 0.2) is 10.9 Å². The quantitative estimate of drug-likeness (QED) is 0.672. The van der Waals surface area contributed by atoms with Gasteiger partial charge in [0.25, 0.3) is 0 Å². The summed E-state index contributed by atoms with van der Waals surface area (Å²) in [4.78, 5) is 15.9. The average molecular weight is 353 g/mol. The molecule has 0 aromatic heterocycles. The molecule has 0 bridgehead atoms. The Morgan fingerprint density at radius 3 is 2.24 bits per heavy atom. The van der Waals surface area contributed by atoms with Gasteiger partial charge in [-0.2, -0.15) is 0 Å². The number of ketones is 1. The summed E-state index contributed by atoms with van der Waals surface area (Å²) in [6.45, 7) is 7.26. The molecule has 0 amide bonds. The summed E-state index contributed by atoms with van der Waals surface area (Å²) in [5.74, 6) is 0.101. The third-order valence-corrected chi connectivity index (χ3v) is 4.95. The van der Waals surface area contributed by atoms with Gasteiger partial charge in [0.2, 0.25) is 0 Å². The van der Waals surface area contributed by atoms with Gasteiger partial charge in [0.1, 0.15) is 0 Å². The molecule has 1 heterocycles. The lowest BCUT2D eigenvalue weighted by atomic mass is 10.1. The predicted octanol–water partition coefficient (Wildman–Crippen LogP) is 3.72. The number of piperazine rings is 1. The van der Waals surface area contributed by atoms with E-state index >= 15 is 0 Å². The summed E-state index contributed by atoms with van der Waals surface area (Å²) in [6.07, 6.45) is 0. The van der Waals surface area contributed by atoms with E-state index in [1.54, 1.807) is 6.92 Å². The van der Waals surface area contributed by atoms with Crippen molar-refractivity contribution in [2.45, 2.75) is 13.8 Å². The van der Waals surface area contributed by atoms with Crippen molar-refractivity contribution in [2.75, 3.05) is 36.4 Å². The number of thiocarbonyl (C=S) groups is 1. The maximum atomic E-state index is 11.4. The minimum absolute atomic E-state index is 0.101. The van der Waals surface area contributed by atoms with Crippen molar-refractivity contribution in [3.63, 3.8) is 0 Å². The summed E-state index contributed by atoms with van der Waals surface area (Å²) in [5, 5.41) is 4.13. The van der Waals surface area contributed by atoms with E-state index in [0.29, 0.717) is 0 Å². The van der Waals surface area contributed by atoms with Gasteiger partial charge in [-0.15, -0.1) is 0 Å². The van der Waals surface area contributed by atoms with E-state index < -0.39 is 0 Å². The van der Waals surface area contributed by atoms with Gasteiger partial charge >= 0.3 is 0 Å². The van der Waals surface area contributed by atoms with Gasteiger partial charge in [-0.3, -0.25) is 4.79 Å². The van der Waals surface area contributed by atoms with E-state index in [9.17, 15) is 4.79 Å². The zero-order chi connectivity index (χ0) is 17.8. The topological polar surface area (TPSA) is 35.6 Å². The first-order chi connectivity index (χ1) is 12.0. The highest BCUT2D eigenvalue weighted by Gasteiger charge is 2.19. The van der Waals surface area contributed by atoms with E-state index in [1.807, 2.05) is 36.4 Å². The average Bonchev–Trinajstić information content (AvgIpc) is 2.64. The highest BCUT2D eigenvalue weighted by molar-refractivity contribution is 7.80. The Labute approximate surface area is 154 Å². The molecule has 130 valence electrons. The molecule has 0 atom stereocenters. The summed E-state index contributed by atoms with van der Waals surface area (Å²) < 4.78 is 0. The SMILES string of the molecule is CC(=O)c1ccc(N2CCN(C(=S)Nc3ccccc3C)CC2)cc1. The van der Waals surface area contributed by atoms with Crippen molar-refractivity contribution in [2.24, 2.45) is 0 Å². The van der Waals surface area contributed by atoms with Gasteiger partial charge in [0.05, 0.1) is 0 Å². The summed E-state index contributed by atoms with van der Waals surface area (Å²) in [5.41, 5.74) is 4.16. The van der Waals surface area contributed by atoms with Crippen LogP contribution in [0.2, 0.25) is 0 Å². The highest BCUT2D eigenvalue weighted by atomic mass is 32.1. The van der Waals surface area contributed by atoms with Crippen LogP contribution in [0.3, 0.4) is 0 Å². The minimum atomic E-state index is 0.101. The Bertz CT molecular complexity index is 765. The minimum Gasteiger partial charge on any atom is -0.368 e. The van der Waals surface area contributed by atoms with Gasteiger partial charge < -0.3 is 15.1 Å². The van der Waals surface area contributed by atoms with Crippen LogP contribution in [0.15, 0.2) is 48.5 Å². The lowest BCUT2D eigenvalue weighted by Gasteiger charge is -2.37. The second-order valence-corrected chi connectivity index (χ2v) is 6.71. The maximum Gasteiger partial charge on any atom is 0.173 e. The first kappa shape index (κ1) is 17.4. The Morgan fingerprint density at radius 1 is 1.00 bits per heavy atom. The molecule has 5 heteroatoms. The van der Waals surface area contributed by atoms with E-state index in [4.69, 9.17) is 12.2 Å². The van der Waals surface area contributed by atoms with Crippen LogP contribution in [0, 0.1) is 6.92 Å². The predicted molar refractivity (Wildman–Crippen MR) is 108 cm³/mol. The number of hydrogen-bond donors (Lipinski definition) is 1.